The van der Waals surface area contributed by atoms with Crippen molar-refractivity contribution in [1.82, 2.24) is 0 Å². The fraction of sp³-hybridized carbons (Fsp3) is 0.229. The van der Waals surface area contributed by atoms with E-state index in [1.807, 2.05) is 107 Å². The van der Waals surface area contributed by atoms with Crippen molar-refractivity contribution in [2.45, 2.75) is 41.5 Å². The minimum absolute atomic E-state index is 0.210. The van der Waals surface area contributed by atoms with Gasteiger partial charge in [-0.3, -0.25) is 14.4 Å². The highest BCUT2D eigenvalue weighted by atomic mass is 16.2. The van der Waals surface area contributed by atoms with Crippen molar-refractivity contribution in [1.29, 1.82) is 0 Å². The highest BCUT2D eigenvalue weighted by molar-refractivity contribution is 6.12. The van der Waals surface area contributed by atoms with Gasteiger partial charge in [0.1, 0.15) is 0 Å². The van der Waals surface area contributed by atoms with E-state index in [2.05, 4.69) is 19.1 Å². The van der Waals surface area contributed by atoms with Gasteiger partial charge >= 0.3 is 0 Å². The van der Waals surface area contributed by atoms with Gasteiger partial charge in [-0.05, 0) is 56.3 Å². The number of rotatable bonds is 5. The first-order chi connectivity index (χ1) is 19.3. The molecular weight excluding hydrogens is 496 g/mol. The standard InChI is InChI=1S/C24H22N2O3.C7H8.2C2H6/c1-17(27)18-14-19(23(28)25(2)21-10-6-4-7-11-21)16-20(15-18)24(29)26(3)22-12-8-5-9-13-22;1-7-5-3-2-4-6-7;2*1-2/h4-16H,1-3H3;2-6H,1H3;2*1-2H3. The summed E-state index contributed by atoms with van der Waals surface area (Å²) in [6.07, 6.45) is 0. The number of anilines is 2. The Morgan fingerprint density at radius 3 is 1.07 bits per heavy atom. The van der Waals surface area contributed by atoms with Crippen LogP contribution in [0.5, 0.6) is 0 Å². The number of Topliss-reactive ketones (excluding diaryl/α,β-unsaturated/α-hetero) is 1. The molecule has 0 aliphatic rings. The van der Waals surface area contributed by atoms with Crippen LogP contribution in [0.25, 0.3) is 0 Å². The number of benzene rings is 4. The molecule has 2 amide bonds. The lowest BCUT2D eigenvalue weighted by Gasteiger charge is -2.20. The minimum Gasteiger partial charge on any atom is -0.311 e. The van der Waals surface area contributed by atoms with Gasteiger partial charge in [-0.1, -0.05) is 100.0 Å². The van der Waals surface area contributed by atoms with Crippen molar-refractivity contribution in [2.24, 2.45) is 0 Å². The van der Waals surface area contributed by atoms with Crippen molar-refractivity contribution < 1.29 is 14.4 Å². The zero-order valence-electron chi connectivity index (χ0n) is 25.0. The third-order valence-corrected chi connectivity index (χ3v) is 5.67. The molecule has 5 nitrogen and oxygen atoms in total. The number of carbonyl (C=O) groups excluding carboxylic acids is 3. The summed E-state index contributed by atoms with van der Waals surface area (Å²) in [6.45, 7) is 11.5. The summed E-state index contributed by atoms with van der Waals surface area (Å²) in [4.78, 5) is 41.1. The van der Waals surface area contributed by atoms with E-state index in [9.17, 15) is 14.4 Å². The van der Waals surface area contributed by atoms with Crippen LogP contribution in [-0.4, -0.2) is 31.7 Å². The van der Waals surface area contributed by atoms with E-state index in [0.717, 1.165) is 11.4 Å². The van der Waals surface area contributed by atoms with Gasteiger partial charge in [0.2, 0.25) is 0 Å². The maximum atomic E-state index is 13.0. The van der Waals surface area contributed by atoms with Crippen molar-refractivity contribution in [3.05, 3.63) is 131 Å². The second-order valence-electron chi connectivity index (χ2n) is 8.41. The molecule has 0 aliphatic heterocycles. The number of hydrogen-bond acceptors (Lipinski definition) is 3. The molecule has 0 heterocycles. The Morgan fingerprint density at radius 1 is 0.500 bits per heavy atom. The summed E-state index contributed by atoms with van der Waals surface area (Å²) in [5.74, 6) is -0.801. The molecule has 0 aliphatic carbocycles. The SMILES string of the molecule is CC.CC.CC(=O)c1cc(C(=O)N(C)c2ccccc2)cc(C(=O)N(C)c2ccccc2)c1.Cc1ccccc1. The highest BCUT2D eigenvalue weighted by Gasteiger charge is 2.20. The average molecular weight is 539 g/mol. The molecule has 0 saturated carbocycles. The van der Waals surface area contributed by atoms with Crippen LogP contribution < -0.4 is 9.80 Å². The molecule has 0 fully saturated rings. The fourth-order valence-electron chi connectivity index (χ4n) is 3.54. The van der Waals surface area contributed by atoms with Gasteiger partial charge < -0.3 is 9.80 Å². The van der Waals surface area contributed by atoms with E-state index in [0.29, 0.717) is 5.56 Å². The van der Waals surface area contributed by atoms with Gasteiger partial charge in [0, 0.05) is 42.2 Å². The number of ketones is 1. The molecule has 4 aromatic carbocycles. The zero-order chi connectivity index (χ0) is 30.1. The third-order valence-electron chi connectivity index (χ3n) is 5.67. The summed E-state index contributed by atoms with van der Waals surface area (Å²) in [5, 5.41) is 0. The predicted octanol–water partition coefficient (Wildman–Crippen LogP) is 8.49. The number of amides is 2. The number of aryl methyl sites for hydroxylation is 1. The molecular formula is C35H42N2O3. The van der Waals surface area contributed by atoms with E-state index >= 15 is 0 Å². The lowest BCUT2D eigenvalue weighted by atomic mass is 10.0. The van der Waals surface area contributed by atoms with Crippen LogP contribution in [0, 0.1) is 6.92 Å². The van der Waals surface area contributed by atoms with Gasteiger partial charge in [0.15, 0.2) is 5.78 Å². The number of para-hydroxylation sites is 2. The van der Waals surface area contributed by atoms with Crippen molar-refractivity contribution in [3.63, 3.8) is 0 Å². The second kappa shape index (κ2) is 17.9. The Morgan fingerprint density at radius 2 is 0.800 bits per heavy atom. The van der Waals surface area contributed by atoms with Crippen LogP contribution in [0.1, 0.15) is 71.3 Å². The van der Waals surface area contributed by atoms with Crippen molar-refractivity contribution in [3.8, 4) is 0 Å². The van der Waals surface area contributed by atoms with E-state index in [1.165, 1.54) is 40.5 Å². The quantitative estimate of drug-likeness (QED) is 0.239. The van der Waals surface area contributed by atoms with Crippen LogP contribution in [0.4, 0.5) is 11.4 Å². The number of nitrogens with zero attached hydrogens (tertiary/aromatic N) is 2. The monoisotopic (exact) mass is 538 g/mol. The predicted molar refractivity (Wildman–Crippen MR) is 169 cm³/mol. The summed E-state index contributed by atoms with van der Waals surface area (Å²) in [5.41, 5.74) is 3.66. The maximum Gasteiger partial charge on any atom is 0.258 e. The number of hydrogen-bond donors (Lipinski definition) is 0. The first-order valence-corrected chi connectivity index (χ1v) is 13.6. The molecule has 4 aromatic rings. The van der Waals surface area contributed by atoms with Crippen LogP contribution >= 0.6 is 0 Å². The largest absolute Gasteiger partial charge is 0.311 e. The Hall–Kier alpha value is -4.51. The molecule has 0 N–H and O–H groups in total. The van der Waals surface area contributed by atoms with Gasteiger partial charge in [-0.25, -0.2) is 0 Å². The fourth-order valence-corrected chi connectivity index (χ4v) is 3.54. The molecule has 40 heavy (non-hydrogen) atoms. The summed E-state index contributed by atoms with van der Waals surface area (Å²) < 4.78 is 0. The van der Waals surface area contributed by atoms with Gasteiger partial charge in [0.05, 0.1) is 0 Å². The molecule has 0 unspecified atom stereocenters. The summed E-state index contributed by atoms with van der Waals surface area (Å²) in [7, 11) is 3.32. The molecule has 5 heteroatoms. The van der Waals surface area contributed by atoms with E-state index in [-0.39, 0.29) is 28.7 Å². The van der Waals surface area contributed by atoms with Crippen LogP contribution in [0.15, 0.2) is 109 Å². The van der Waals surface area contributed by atoms with Crippen LogP contribution in [0.3, 0.4) is 0 Å². The van der Waals surface area contributed by atoms with Crippen molar-refractivity contribution in [2.75, 3.05) is 23.9 Å². The molecule has 0 spiro atoms. The molecule has 0 aromatic heterocycles. The molecule has 0 radical (unpaired) electrons. The van der Waals surface area contributed by atoms with E-state index in [4.69, 9.17) is 0 Å². The minimum atomic E-state index is -0.296. The van der Waals surface area contributed by atoms with Crippen molar-refractivity contribution >= 4 is 29.0 Å². The Bertz CT molecular complexity index is 1250. The lowest BCUT2D eigenvalue weighted by Crippen LogP contribution is -2.29. The smallest absolute Gasteiger partial charge is 0.258 e. The third kappa shape index (κ3) is 9.99. The normalized spacial score (nSPS) is 9.30. The first kappa shape index (κ1) is 33.5. The second-order valence-corrected chi connectivity index (χ2v) is 8.41. The molecule has 0 bridgehead atoms. The highest BCUT2D eigenvalue weighted by Crippen LogP contribution is 2.20. The summed E-state index contributed by atoms with van der Waals surface area (Å²) >= 11 is 0. The van der Waals surface area contributed by atoms with Gasteiger partial charge in [-0.2, -0.15) is 0 Å². The van der Waals surface area contributed by atoms with E-state index in [1.54, 1.807) is 14.1 Å². The Labute approximate surface area is 240 Å². The molecule has 0 saturated heterocycles. The van der Waals surface area contributed by atoms with Crippen LogP contribution in [0.2, 0.25) is 0 Å². The van der Waals surface area contributed by atoms with Gasteiger partial charge in [-0.15, -0.1) is 0 Å². The first-order valence-electron chi connectivity index (χ1n) is 13.6. The summed E-state index contributed by atoms with van der Waals surface area (Å²) in [6, 6.07) is 33.3. The Kier molecular flexibility index (Phi) is 15.0. The molecule has 0 atom stereocenters. The van der Waals surface area contributed by atoms with Gasteiger partial charge in [0.25, 0.3) is 11.8 Å². The molecule has 4 rings (SSSR count). The van der Waals surface area contributed by atoms with E-state index < -0.39 is 0 Å². The molecule has 210 valence electrons. The topological polar surface area (TPSA) is 57.7 Å². The zero-order valence-corrected chi connectivity index (χ0v) is 25.0. The Balaban J connectivity index is 0.000000617. The lowest BCUT2D eigenvalue weighted by molar-refractivity contribution is 0.0992. The number of carbonyl (C=O) groups is 3. The average Bonchev–Trinajstić information content (AvgIpc) is 3.02. The van der Waals surface area contributed by atoms with Crippen LogP contribution in [-0.2, 0) is 0 Å². The maximum absolute atomic E-state index is 13.0.